The number of fused-ring (bicyclic) bond motifs is 2. The molecule has 0 bridgehead atoms. The SMILES string of the molecule is COc1cccc(C2NC(=O)c3oc4ccccc4c(=O)c32)c1. The highest BCUT2D eigenvalue weighted by Gasteiger charge is 2.35. The van der Waals surface area contributed by atoms with E-state index < -0.39 is 6.04 Å². The van der Waals surface area contributed by atoms with Crippen molar-refractivity contribution in [3.63, 3.8) is 0 Å². The average molecular weight is 307 g/mol. The lowest BCUT2D eigenvalue weighted by Gasteiger charge is -2.12. The van der Waals surface area contributed by atoms with E-state index in [0.717, 1.165) is 5.56 Å². The lowest BCUT2D eigenvalue weighted by atomic mass is 9.99. The number of carbonyl (C=O) groups excluding carboxylic acids is 1. The summed E-state index contributed by atoms with van der Waals surface area (Å²) in [6.45, 7) is 0. The van der Waals surface area contributed by atoms with Crippen molar-refractivity contribution in [2.45, 2.75) is 6.04 Å². The van der Waals surface area contributed by atoms with Crippen LogP contribution in [0.5, 0.6) is 5.75 Å². The van der Waals surface area contributed by atoms with Gasteiger partial charge in [0.05, 0.1) is 24.1 Å². The van der Waals surface area contributed by atoms with Crippen molar-refractivity contribution >= 4 is 16.9 Å². The topological polar surface area (TPSA) is 68.5 Å². The predicted octanol–water partition coefficient (Wildman–Crippen LogP) is 2.63. The number of methoxy groups -OCH3 is 1. The largest absolute Gasteiger partial charge is 0.497 e. The number of hydrogen-bond acceptors (Lipinski definition) is 4. The molecular weight excluding hydrogens is 294 g/mol. The van der Waals surface area contributed by atoms with Gasteiger partial charge in [0, 0.05) is 0 Å². The fourth-order valence-corrected chi connectivity index (χ4v) is 2.93. The average Bonchev–Trinajstić information content (AvgIpc) is 2.92. The molecule has 1 aromatic heterocycles. The molecule has 0 radical (unpaired) electrons. The molecule has 0 aliphatic carbocycles. The Bertz CT molecular complexity index is 990. The molecule has 0 spiro atoms. The Kier molecular flexibility index (Phi) is 2.94. The van der Waals surface area contributed by atoms with Gasteiger partial charge in [-0.05, 0) is 29.8 Å². The Morgan fingerprint density at radius 2 is 1.91 bits per heavy atom. The molecule has 114 valence electrons. The number of benzene rings is 2. The van der Waals surface area contributed by atoms with Crippen molar-refractivity contribution < 1.29 is 13.9 Å². The molecule has 1 N–H and O–H groups in total. The van der Waals surface area contributed by atoms with E-state index in [-0.39, 0.29) is 17.1 Å². The molecule has 0 saturated carbocycles. The molecule has 2 heterocycles. The third-order valence-corrected chi connectivity index (χ3v) is 4.03. The van der Waals surface area contributed by atoms with Crippen LogP contribution in [0.4, 0.5) is 0 Å². The molecule has 5 heteroatoms. The van der Waals surface area contributed by atoms with E-state index in [1.165, 1.54) is 0 Å². The van der Waals surface area contributed by atoms with E-state index in [0.29, 0.717) is 22.3 Å². The Labute approximate surface area is 131 Å². The van der Waals surface area contributed by atoms with E-state index in [1.54, 1.807) is 37.4 Å². The molecule has 1 unspecified atom stereocenters. The number of rotatable bonds is 2. The molecule has 1 amide bonds. The standard InChI is InChI=1S/C18H13NO4/c1-22-11-6-4-5-10(9-11)15-14-16(20)12-7-2-3-8-13(12)23-17(14)18(21)19-15/h2-9,15H,1H3,(H,19,21). The van der Waals surface area contributed by atoms with Gasteiger partial charge in [-0.3, -0.25) is 9.59 Å². The third-order valence-electron chi connectivity index (χ3n) is 4.03. The first-order chi connectivity index (χ1) is 11.2. The van der Waals surface area contributed by atoms with E-state index >= 15 is 0 Å². The van der Waals surface area contributed by atoms with Gasteiger partial charge in [0.1, 0.15) is 11.3 Å². The summed E-state index contributed by atoms with van der Waals surface area (Å²) in [6, 6.07) is 13.7. The predicted molar refractivity (Wildman–Crippen MR) is 84.8 cm³/mol. The van der Waals surface area contributed by atoms with Crippen LogP contribution in [0, 0.1) is 0 Å². The zero-order valence-corrected chi connectivity index (χ0v) is 12.3. The molecule has 1 atom stereocenters. The Hall–Kier alpha value is -3.08. The van der Waals surface area contributed by atoms with Gasteiger partial charge in [0.2, 0.25) is 5.76 Å². The van der Waals surface area contributed by atoms with E-state index in [2.05, 4.69) is 5.32 Å². The highest BCUT2D eigenvalue weighted by atomic mass is 16.5. The van der Waals surface area contributed by atoms with E-state index in [1.807, 2.05) is 18.2 Å². The maximum atomic E-state index is 12.8. The van der Waals surface area contributed by atoms with Gasteiger partial charge in [-0.2, -0.15) is 0 Å². The van der Waals surface area contributed by atoms with Crippen LogP contribution in [0.3, 0.4) is 0 Å². The number of amides is 1. The minimum absolute atomic E-state index is 0.0847. The lowest BCUT2D eigenvalue weighted by Crippen LogP contribution is -2.21. The van der Waals surface area contributed by atoms with Crippen molar-refractivity contribution in [2.24, 2.45) is 0 Å². The van der Waals surface area contributed by atoms with Crippen LogP contribution < -0.4 is 15.5 Å². The summed E-state index contributed by atoms with van der Waals surface area (Å²) in [5.41, 5.74) is 1.35. The summed E-state index contributed by atoms with van der Waals surface area (Å²) in [5.74, 6) is 0.368. The Morgan fingerprint density at radius 1 is 1.09 bits per heavy atom. The van der Waals surface area contributed by atoms with Crippen molar-refractivity contribution in [1.29, 1.82) is 0 Å². The Balaban J connectivity index is 1.97. The molecule has 4 rings (SSSR count). The number of ether oxygens (including phenoxy) is 1. The second-order valence-corrected chi connectivity index (χ2v) is 5.35. The summed E-state index contributed by atoms with van der Waals surface area (Å²) >= 11 is 0. The fourth-order valence-electron chi connectivity index (χ4n) is 2.93. The first-order valence-electron chi connectivity index (χ1n) is 7.19. The number of para-hydroxylation sites is 1. The van der Waals surface area contributed by atoms with Gasteiger partial charge in [0.15, 0.2) is 5.43 Å². The molecule has 5 nitrogen and oxygen atoms in total. The van der Waals surface area contributed by atoms with Crippen molar-refractivity contribution in [3.05, 3.63) is 75.6 Å². The first kappa shape index (κ1) is 13.6. The van der Waals surface area contributed by atoms with E-state index in [4.69, 9.17) is 9.15 Å². The summed E-state index contributed by atoms with van der Waals surface area (Å²) in [6.07, 6.45) is 0. The molecule has 0 saturated heterocycles. The Morgan fingerprint density at radius 3 is 2.74 bits per heavy atom. The minimum Gasteiger partial charge on any atom is -0.497 e. The van der Waals surface area contributed by atoms with Crippen LogP contribution in [0.25, 0.3) is 11.0 Å². The molecule has 1 aliphatic rings. The van der Waals surface area contributed by atoms with Gasteiger partial charge in [-0.15, -0.1) is 0 Å². The second kappa shape index (κ2) is 4.98. The van der Waals surface area contributed by atoms with Crippen molar-refractivity contribution in [3.8, 4) is 5.75 Å². The minimum atomic E-state index is -0.534. The van der Waals surface area contributed by atoms with Crippen LogP contribution in [-0.2, 0) is 0 Å². The maximum absolute atomic E-state index is 12.8. The van der Waals surface area contributed by atoms with Crippen LogP contribution in [0.1, 0.15) is 27.7 Å². The number of nitrogens with one attached hydrogen (secondary N) is 1. The number of carbonyl (C=O) groups is 1. The molecule has 2 aromatic carbocycles. The van der Waals surface area contributed by atoms with Crippen molar-refractivity contribution in [2.75, 3.05) is 7.11 Å². The quantitative estimate of drug-likeness (QED) is 0.790. The highest BCUT2D eigenvalue weighted by molar-refractivity contribution is 5.98. The van der Waals surface area contributed by atoms with Crippen LogP contribution in [-0.4, -0.2) is 13.0 Å². The zero-order valence-electron chi connectivity index (χ0n) is 12.3. The van der Waals surface area contributed by atoms with Crippen molar-refractivity contribution in [1.82, 2.24) is 5.32 Å². The van der Waals surface area contributed by atoms with E-state index in [9.17, 15) is 9.59 Å². The molecule has 3 aromatic rings. The zero-order chi connectivity index (χ0) is 16.0. The molecular formula is C18H13NO4. The molecule has 23 heavy (non-hydrogen) atoms. The summed E-state index contributed by atoms with van der Waals surface area (Å²) < 4.78 is 10.9. The van der Waals surface area contributed by atoms with Gasteiger partial charge in [-0.1, -0.05) is 24.3 Å². The van der Waals surface area contributed by atoms with Gasteiger partial charge < -0.3 is 14.5 Å². The van der Waals surface area contributed by atoms with Gasteiger partial charge in [0.25, 0.3) is 5.91 Å². The lowest BCUT2D eigenvalue weighted by molar-refractivity contribution is 0.0938. The smallest absolute Gasteiger partial charge is 0.288 e. The summed E-state index contributed by atoms with van der Waals surface area (Å²) in [5, 5.41) is 3.28. The molecule has 0 fully saturated rings. The molecule has 1 aliphatic heterocycles. The highest BCUT2D eigenvalue weighted by Crippen LogP contribution is 2.32. The normalized spacial score (nSPS) is 16.2. The van der Waals surface area contributed by atoms with Crippen LogP contribution >= 0.6 is 0 Å². The fraction of sp³-hybridized carbons (Fsp3) is 0.111. The van der Waals surface area contributed by atoms with Crippen LogP contribution in [0.15, 0.2) is 57.7 Å². The summed E-state index contributed by atoms with van der Waals surface area (Å²) in [4.78, 5) is 25.0. The van der Waals surface area contributed by atoms with Crippen LogP contribution in [0.2, 0.25) is 0 Å². The first-order valence-corrected chi connectivity index (χ1v) is 7.19. The van der Waals surface area contributed by atoms with Gasteiger partial charge >= 0.3 is 0 Å². The second-order valence-electron chi connectivity index (χ2n) is 5.35. The summed E-state index contributed by atoms with van der Waals surface area (Å²) in [7, 11) is 1.57. The monoisotopic (exact) mass is 307 g/mol. The van der Waals surface area contributed by atoms with Gasteiger partial charge in [-0.25, -0.2) is 0 Å². The maximum Gasteiger partial charge on any atom is 0.288 e. The number of hydrogen-bond donors (Lipinski definition) is 1. The third kappa shape index (κ3) is 2.01.